The molecule has 0 N–H and O–H groups in total. The van der Waals surface area contributed by atoms with Gasteiger partial charge in [-0.2, -0.15) is 4.73 Å². The van der Waals surface area contributed by atoms with Crippen LogP contribution in [-0.2, 0) is 12.8 Å². The average Bonchev–Trinajstić information content (AvgIpc) is 2.77. The Morgan fingerprint density at radius 2 is 1.76 bits per heavy atom. The molecular formula is C15H19NO. The summed E-state index contributed by atoms with van der Waals surface area (Å²) in [5, 5.41) is 0. The highest BCUT2D eigenvalue weighted by atomic mass is 16.6. The maximum Gasteiger partial charge on any atom is 0.104 e. The fourth-order valence-electron chi connectivity index (χ4n) is 2.31. The molecule has 0 atom stereocenters. The zero-order valence-electron chi connectivity index (χ0n) is 10.7. The molecule has 1 aromatic heterocycles. The van der Waals surface area contributed by atoms with E-state index in [4.69, 9.17) is 4.84 Å². The van der Waals surface area contributed by atoms with Crippen LogP contribution in [0.5, 0.6) is 0 Å². The normalized spacial score (nSPS) is 10.5. The Morgan fingerprint density at radius 3 is 2.29 bits per heavy atom. The van der Waals surface area contributed by atoms with Gasteiger partial charge in [-0.3, -0.25) is 0 Å². The van der Waals surface area contributed by atoms with Crippen LogP contribution in [0.1, 0.15) is 25.0 Å². The molecule has 0 saturated carbocycles. The van der Waals surface area contributed by atoms with E-state index in [2.05, 4.69) is 44.3 Å². The molecule has 1 heterocycles. The van der Waals surface area contributed by atoms with E-state index in [-0.39, 0.29) is 0 Å². The fraction of sp³-hybridized carbons (Fsp3) is 0.333. The van der Waals surface area contributed by atoms with E-state index in [1.54, 1.807) is 7.11 Å². The largest absolute Gasteiger partial charge is 0.417 e. The lowest BCUT2D eigenvalue weighted by molar-refractivity contribution is 0.171. The monoisotopic (exact) mass is 229 g/mol. The summed E-state index contributed by atoms with van der Waals surface area (Å²) >= 11 is 0. The van der Waals surface area contributed by atoms with Gasteiger partial charge in [0.05, 0.1) is 5.69 Å². The van der Waals surface area contributed by atoms with Crippen molar-refractivity contribution in [1.29, 1.82) is 0 Å². The molecule has 2 nitrogen and oxygen atoms in total. The third-order valence-corrected chi connectivity index (χ3v) is 3.15. The van der Waals surface area contributed by atoms with E-state index in [0.717, 1.165) is 12.8 Å². The second kappa shape index (κ2) is 5.09. The van der Waals surface area contributed by atoms with Crippen LogP contribution in [0.2, 0.25) is 0 Å². The van der Waals surface area contributed by atoms with Crippen molar-refractivity contribution in [2.24, 2.45) is 0 Å². The molecule has 0 aliphatic rings. The molecule has 0 unspecified atom stereocenters. The van der Waals surface area contributed by atoms with E-state index in [1.165, 1.54) is 22.4 Å². The zero-order valence-corrected chi connectivity index (χ0v) is 10.7. The lowest BCUT2D eigenvalue weighted by Crippen LogP contribution is -2.06. The smallest absolute Gasteiger partial charge is 0.104 e. The molecule has 0 spiro atoms. The standard InChI is InChI=1S/C15H19NO/c1-4-12-11-16(17-3)15(14(12)5-2)13-9-7-6-8-10-13/h6-11H,4-5H2,1-3H3. The second-order valence-corrected chi connectivity index (χ2v) is 4.06. The summed E-state index contributed by atoms with van der Waals surface area (Å²) in [6.45, 7) is 4.38. The van der Waals surface area contributed by atoms with Gasteiger partial charge < -0.3 is 4.84 Å². The van der Waals surface area contributed by atoms with Crippen molar-refractivity contribution in [3.63, 3.8) is 0 Å². The van der Waals surface area contributed by atoms with E-state index in [1.807, 2.05) is 10.8 Å². The van der Waals surface area contributed by atoms with Crippen molar-refractivity contribution >= 4 is 0 Å². The molecule has 0 aliphatic heterocycles. The second-order valence-electron chi connectivity index (χ2n) is 4.06. The highest BCUT2D eigenvalue weighted by molar-refractivity contribution is 5.66. The van der Waals surface area contributed by atoms with Crippen LogP contribution >= 0.6 is 0 Å². The summed E-state index contributed by atoms with van der Waals surface area (Å²) < 4.78 is 1.88. The van der Waals surface area contributed by atoms with E-state index >= 15 is 0 Å². The first-order chi connectivity index (χ1) is 8.31. The highest BCUT2D eigenvalue weighted by Crippen LogP contribution is 2.28. The SMILES string of the molecule is CCc1cn(OC)c(-c2ccccc2)c1CC. The Balaban J connectivity index is 2.62. The minimum absolute atomic E-state index is 1.03. The molecule has 17 heavy (non-hydrogen) atoms. The molecule has 0 saturated heterocycles. The van der Waals surface area contributed by atoms with Crippen LogP contribution in [0.3, 0.4) is 0 Å². The predicted molar refractivity (Wildman–Crippen MR) is 71.1 cm³/mol. The van der Waals surface area contributed by atoms with Crippen molar-refractivity contribution < 1.29 is 4.84 Å². The number of hydrogen-bond acceptors (Lipinski definition) is 1. The number of benzene rings is 1. The summed E-state index contributed by atoms with van der Waals surface area (Å²) in [6, 6.07) is 10.4. The lowest BCUT2D eigenvalue weighted by atomic mass is 10.0. The summed E-state index contributed by atoms with van der Waals surface area (Å²) in [6.07, 6.45) is 4.17. The predicted octanol–water partition coefficient (Wildman–Crippen LogP) is 3.34. The van der Waals surface area contributed by atoms with Gasteiger partial charge in [-0.1, -0.05) is 44.2 Å². The van der Waals surface area contributed by atoms with Crippen molar-refractivity contribution in [3.8, 4) is 11.3 Å². The highest BCUT2D eigenvalue weighted by Gasteiger charge is 2.15. The van der Waals surface area contributed by atoms with E-state index in [0.29, 0.717) is 0 Å². The molecule has 0 bridgehead atoms. The third kappa shape index (κ3) is 2.07. The minimum Gasteiger partial charge on any atom is -0.417 e. The summed E-state index contributed by atoms with van der Waals surface area (Å²) in [5.41, 5.74) is 5.16. The van der Waals surface area contributed by atoms with Gasteiger partial charge in [0.1, 0.15) is 7.11 Å². The van der Waals surface area contributed by atoms with Crippen LogP contribution in [0.25, 0.3) is 11.3 Å². The summed E-state index contributed by atoms with van der Waals surface area (Å²) in [7, 11) is 1.71. The first-order valence-electron chi connectivity index (χ1n) is 6.14. The average molecular weight is 229 g/mol. The first kappa shape index (κ1) is 11.8. The van der Waals surface area contributed by atoms with Gasteiger partial charge in [0, 0.05) is 11.8 Å². The van der Waals surface area contributed by atoms with Crippen LogP contribution in [-0.4, -0.2) is 11.8 Å². The van der Waals surface area contributed by atoms with Crippen molar-refractivity contribution in [2.75, 3.05) is 7.11 Å². The lowest BCUT2D eigenvalue weighted by Gasteiger charge is -2.09. The Bertz CT molecular complexity index is 485. The molecular weight excluding hydrogens is 210 g/mol. The minimum atomic E-state index is 1.03. The molecule has 2 heteroatoms. The van der Waals surface area contributed by atoms with Crippen molar-refractivity contribution in [2.45, 2.75) is 26.7 Å². The molecule has 0 aliphatic carbocycles. The van der Waals surface area contributed by atoms with Crippen LogP contribution in [0.4, 0.5) is 0 Å². The molecule has 0 radical (unpaired) electrons. The maximum absolute atomic E-state index is 5.44. The van der Waals surface area contributed by atoms with Gasteiger partial charge in [-0.15, -0.1) is 0 Å². The Morgan fingerprint density at radius 1 is 1.06 bits per heavy atom. The molecule has 2 rings (SSSR count). The van der Waals surface area contributed by atoms with Gasteiger partial charge in [0.2, 0.25) is 0 Å². The van der Waals surface area contributed by atoms with Gasteiger partial charge in [-0.25, -0.2) is 0 Å². The Hall–Kier alpha value is -1.70. The van der Waals surface area contributed by atoms with Crippen LogP contribution < -0.4 is 4.84 Å². The van der Waals surface area contributed by atoms with E-state index in [9.17, 15) is 0 Å². The topological polar surface area (TPSA) is 14.2 Å². The number of rotatable bonds is 4. The maximum atomic E-state index is 5.44. The molecule has 90 valence electrons. The number of aromatic nitrogens is 1. The number of hydrogen-bond donors (Lipinski definition) is 0. The summed E-state index contributed by atoms with van der Waals surface area (Å²) in [4.78, 5) is 5.44. The van der Waals surface area contributed by atoms with Gasteiger partial charge in [-0.05, 0) is 24.0 Å². The quantitative estimate of drug-likeness (QED) is 0.784. The van der Waals surface area contributed by atoms with Gasteiger partial charge in [0.15, 0.2) is 0 Å². The van der Waals surface area contributed by atoms with Gasteiger partial charge >= 0.3 is 0 Å². The number of nitrogens with zero attached hydrogens (tertiary/aromatic N) is 1. The van der Waals surface area contributed by atoms with Crippen molar-refractivity contribution in [1.82, 2.24) is 4.73 Å². The number of aryl methyl sites for hydroxylation is 1. The zero-order chi connectivity index (χ0) is 12.3. The van der Waals surface area contributed by atoms with Crippen LogP contribution in [0, 0.1) is 0 Å². The Kier molecular flexibility index (Phi) is 3.52. The molecule has 0 amide bonds. The summed E-state index contributed by atoms with van der Waals surface area (Å²) in [5.74, 6) is 0. The Labute approximate surface area is 103 Å². The molecule has 1 aromatic carbocycles. The third-order valence-electron chi connectivity index (χ3n) is 3.15. The molecule has 2 aromatic rings. The van der Waals surface area contributed by atoms with Gasteiger partial charge in [0.25, 0.3) is 0 Å². The van der Waals surface area contributed by atoms with E-state index < -0.39 is 0 Å². The molecule has 0 fully saturated rings. The first-order valence-corrected chi connectivity index (χ1v) is 6.14. The van der Waals surface area contributed by atoms with Crippen LogP contribution in [0.15, 0.2) is 36.5 Å². The van der Waals surface area contributed by atoms with Crippen molar-refractivity contribution in [3.05, 3.63) is 47.7 Å². The fourth-order valence-corrected chi connectivity index (χ4v) is 2.31.